The predicted octanol–water partition coefficient (Wildman–Crippen LogP) is -0.958. The van der Waals surface area contributed by atoms with Gasteiger partial charge in [-0.05, 0) is 0 Å². The summed E-state index contributed by atoms with van der Waals surface area (Å²) in [4.78, 5) is 23.3. The Morgan fingerprint density at radius 3 is 2.20 bits per heavy atom. The number of hydrogen-bond donors (Lipinski definition) is 2. The van der Waals surface area contributed by atoms with Gasteiger partial charge in [-0.15, -0.1) is 0 Å². The predicted molar refractivity (Wildman–Crippen MR) is 27.1 cm³/mol. The van der Waals surface area contributed by atoms with Gasteiger partial charge >= 0.3 is 11.9 Å². The number of hydrogen-bond acceptors (Lipinski definition) is 4. The fourth-order valence-corrected chi connectivity index (χ4v) is 0.179. The fourth-order valence-electron chi connectivity index (χ4n) is 0.179. The number of carboxylic acids is 1. The third-order valence-electron chi connectivity index (χ3n) is 0.478. The zero-order valence-corrected chi connectivity index (χ0v) is 8.08. The summed E-state index contributed by atoms with van der Waals surface area (Å²) in [5, 5.41) is 7.92. The molecule has 0 aliphatic heterocycles. The van der Waals surface area contributed by atoms with Crippen molar-refractivity contribution in [2.24, 2.45) is 5.90 Å². The molecule has 6 heteroatoms. The van der Waals surface area contributed by atoms with Gasteiger partial charge in [0, 0.05) is 31.6 Å². The van der Waals surface area contributed by atoms with E-state index in [0.29, 0.717) is 12.2 Å². The minimum absolute atomic E-state index is 0. The van der Waals surface area contributed by atoms with Crippen LogP contribution in [0, 0.1) is 0 Å². The van der Waals surface area contributed by atoms with Gasteiger partial charge in [-0.3, -0.25) is 0 Å². The van der Waals surface area contributed by atoms with Crippen LogP contribution in [0.25, 0.3) is 0 Å². The number of carboxylic acid groups (broad SMARTS) is 1. The first-order valence-electron chi connectivity index (χ1n) is 1.98. The Bertz CT molecular complexity index is 155. The van der Waals surface area contributed by atoms with Gasteiger partial charge in [-0.2, -0.15) is 5.90 Å². The van der Waals surface area contributed by atoms with Gasteiger partial charge in [0.15, 0.2) is 0 Å². The van der Waals surface area contributed by atoms with Crippen LogP contribution in [-0.2, 0) is 33.9 Å². The van der Waals surface area contributed by atoms with Crippen LogP contribution < -0.4 is 5.90 Å². The van der Waals surface area contributed by atoms with Crippen LogP contribution in [0.5, 0.6) is 0 Å². The molecular weight excluding hydrogens is 191 g/mol. The number of carbonyl (C=O) groups excluding carboxylic acids is 1. The monoisotopic (exact) mass is 195 g/mol. The molecule has 0 heterocycles. The van der Waals surface area contributed by atoms with Crippen LogP contribution in [0.15, 0.2) is 12.2 Å². The number of nitrogens with two attached hydrogens (primary N) is 1. The second-order valence-corrected chi connectivity index (χ2v) is 1.11. The van der Waals surface area contributed by atoms with Crippen LogP contribution >= 0.6 is 0 Å². The van der Waals surface area contributed by atoms with E-state index in [-0.39, 0.29) is 19.5 Å². The van der Waals surface area contributed by atoms with Crippen molar-refractivity contribution in [2.75, 3.05) is 0 Å². The molecule has 10 heavy (non-hydrogen) atoms. The van der Waals surface area contributed by atoms with Crippen molar-refractivity contribution in [2.45, 2.75) is 0 Å². The van der Waals surface area contributed by atoms with E-state index in [2.05, 4.69) is 10.7 Å². The van der Waals surface area contributed by atoms with Crippen LogP contribution in [0.4, 0.5) is 0 Å². The van der Waals surface area contributed by atoms with Crippen molar-refractivity contribution in [1.29, 1.82) is 0 Å². The Balaban J connectivity index is 0. The SMILES string of the molecule is NOC(=O)/C=C\C(=O)O.[Zn]. The Kier molecular flexibility index (Phi) is 7.65. The van der Waals surface area contributed by atoms with Gasteiger partial charge in [0.25, 0.3) is 0 Å². The molecule has 0 bridgehead atoms. The van der Waals surface area contributed by atoms with Gasteiger partial charge in [0.2, 0.25) is 0 Å². The van der Waals surface area contributed by atoms with Gasteiger partial charge < -0.3 is 9.94 Å². The molecule has 0 spiro atoms. The van der Waals surface area contributed by atoms with Crippen molar-refractivity contribution >= 4 is 11.9 Å². The second kappa shape index (κ2) is 6.38. The maximum atomic E-state index is 10.0. The normalized spacial score (nSPS) is 8.50. The minimum Gasteiger partial charge on any atom is -0.478 e. The molecule has 0 aromatic carbocycles. The first-order chi connectivity index (χ1) is 4.16. The Morgan fingerprint density at radius 1 is 1.40 bits per heavy atom. The maximum absolute atomic E-state index is 10.0. The number of carbonyl (C=O) groups is 2. The van der Waals surface area contributed by atoms with Crippen LogP contribution in [-0.4, -0.2) is 17.0 Å². The van der Waals surface area contributed by atoms with Crippen molar-refractivity contribution in [3.63, 3.8) is 0 Å². The molecule has 0 rings (SSSR count). The van der Waals surface area contributed by atoms with Gasteiger partial charge in [-0.1, -0.05) is 0 Å². The number of aliphatic carboxylic acids is 1. The van der Waals surface area contributed by atoms with E-state index in [1.807, 2.05) is 0 Å². The first kappa shape index (κ1) is 12.0. The van der Waals surface area contributed by atoms with Gasteiger partial charge in [0.05, 0.1) is 0 Å². The summed E-state index contributed by atoms with van der Waals surface area (Å²) in [6.45, 7) is 0. The van der Waals surface area contributed by atoms with Crippen LogP contribution in [0.1, 0.15) is 0 Å². The zero-order chi connectivity index (χ0) is 7.28. The molecule has 0 aromatic heterocycles. The molecule has 0 aromatic rings. The molecule has 0 atom stereocenters. The third-order valence-corrected chi connectivity index (χ3v) is 0.478. The van der Waals surface area contributed by atoms with E-state index >= 15 is 0 Å². The Morgan fingerprint density at radius 2 is 1.90 bits per heavy atom. The smallest absolute Gasteiger partial charge is 0.349 e. The first-order valence-corrected chi connectivity index (χ1v) is 1.98. The standard InChI is InChI=1S/C4H5NO4.Zn/c5-9-4(8)2-1-3(6)7;/h1-2H,5H2,(H,6,7);/b2-1-;. The maximum Gasteiger partial charge on any atom is 0.349 e. The van der Waals surface area contributed by atoms with E-state index in [4.69, 9.17) is 5.11 Å². The summed E-state index contributed by atoms with van der Waals surface area (Å²) < 4.78 is 0. The summed E-state index contributed by atoms with van der Waals surface area (Å²) in [6, 6.07) is 0. The zero-order valence-electron chi connectivity index (χ0n) is 5.11. The molecule has 0 aliphatic carbocycles. The van der Waals surface area contributed by atoms with Crippen LogP contribution in [0.2, 0.25) is 0 Å². The quantitative estimate of drug-likeness (QED) is 0.337. The summed E-state index contributed by atoms with van der Waals surface area (Å²) in [5.41, 5.74) is 0. The second-order valence-electron chi connectivity index (χ2n) is 1.11. The molecule has 0 saturated heterocycles. The molecule has 0 amide bonds. The van der Waals surface area contributed by atoms with E-state index in [0.717, 1.165) is 0 Å². The molecule has 0 radical (unpaired) electrons. The summed E-state index contributed by atoms with van der Waals surface area (Å²) in [7, 11) is 0. The summed E-state index contributed by atoms with van der Waals surface area (Å²) >= 11 is 0. The van der Waals surface area contributed by atoms with E-state index in [1.54, 1.807) is 0 Å². The van der Waals surface area contributed by atoms with E-state index < -0.39 is 11.9 Å². The van der Waals surface area contributed by atoms with Gasteiger partial charge in [0.1, 0.15) is 0 Å². The Hall–Kier alpha value is -0.737. The van der Waals surface area contributed by atoms with Crippen molar-refractivity contribution in [1.82, 2.24) is 0 Å². The van der Waals surface area contributed by atoms with Crippen molar-refractivity contribution < 1.29 is 39.0 Å². The molecule has 3 N–H and O–H groups in total. The molecule has 0 aliphatic rings. The molecule has 0 unspecified atom stereocenters. The topological polar surface area (TPSA) is 89.6 Å². The molecule has 5 nitrogen and oxygen atoms in total. The average molecular weight is 196 g/mol. The van der Waals surface area contributed by atoms with Gasteiger partial charge in [-0.25, -0.2) is 9.59 Å². The molecular formula is C4H5NO4Zn. The van der Waals surface area contributed by atoms with Crippen molar-refractivity contribution in [3.8, 4) is 0 Å². The number of rotatable bonds is 2. The van der Waals surface area contributed by atoms with E-state index in [9.17, 15) is 9.59 Å². The van der Waals surface area contributed by atoms with Crippen molar-refractivity contribution in [3.05, 3.63) is 12.2 Å². The fraction of sp³-hybridized carbons (Fsp3) is 0. The summed E-state index contributed by atoms with van der Waals surface area (Å²) in [5.74, 6) is 2.25. The average Bonchev–Trinajstić information content (AvgIpc) is 1.83. The minimum atomic E-state index is -1.22. The molecule has 0 saturated carbocycles. The Labute approximate surface area is 69.6 Å². The molecule has 0 fully saturated rings. The third kappa shape index (κ3) is 7.26. The largest absolute Gasteiger partial charge is 0.478 e. The van der Waals surface area contributed by atoms with Crippen LogP contribution in [0.3, 0.4) is 0 Å². The van der Waals surface area contributed by atoms with E-state index in [1.165, 1.54) is 0 Å². The molecule has 52 valence electrons. The summed E-state index contributed by atoms with van der Waals surface area (Å²) in [6.07, 6.45) is 1.34.